The van der Waals surface area contributed by atoms with Gasteiger partial charge in [0.15, 0.2) is 12.2 Å². The lowest BCUT2D eigenvalue weighted by molar-refractivity contribution is -0.161. The largest absolute Gasteiger partial charge is 0.472 e. The lowest BCUT2D eigenvalue weighted by atomic mass is 10.00. The van der Waals surface area contributed by atoms with E-state index >= 15 is 0 Å². The van der Waals surface area contributed by atoms with Gasteiger partial charge in [-0.2, -0.15) is 0 Å². The third kappa shape index (κ3) is 74.7. The van der Waals surface area contributed by atoms with Crippen LogP contribution in [0.4, 0.5) is 0 Å². The maximum atomic E-state index is 13.1. The first kappa shape index (κ1) is 99.1. The molecule has 19 heteroatoms. The molecule has 6 atom stereocenters. The molecule has 0 saturated carbocycles. The Morgan fingerprint density at radius 2 is 0.475 bits per heavy atom. The molecule has 101 heavy (non-hydrogen) atoms. The summed E-state index contributed by atoms with van der Waals surface area (Å²) in [5.41, 5.74) is 0. The number of ether oxygens (including phenoxy) is 4. The van der Waals surface area contributed by atoms with Crippen molar-refractivity contribution in [1.29, 1.82) is 0 Å². The summed E-state index contributed by atoms with van der Waals surface area (Å²) in [6, 6.07) is 0. The van der Waals surface area contributed by atoms with E-state index in [0.29, 0.717) is 25.7 Å². The van der Waals surface area contributed by atoms with Crippen LogP contribution in [0.5, 0.6) is 0 Å². The van der Waals surface area contributed by atoms with Crippen molar-refractivity contribution in [3.05, 3.63) is 0 Å². The minimum atomic E-state index is -4.96. The molecule has 0 aliphatic rings. The van der Waals surface area contributed by atoms with Gasteiger partial charge in [-0.25, -0.2) is 9.13 Å². The van der Waals surface area contributed by atoms with Gasteiger partial charge < -0.3 is 33.8 Å². The molecule has 0 amide bonds. The predicted octanol–water partition coefficient (Wildman–Crippen LogP) is 24.4. The Kier molecular flexibility index (Phi) is 69.6. The molecule has 600 valence electrons. The van der Waals surface area contributed by atoms with Gasteiger partial charge in [-0.3, -0.25) is 37.3 Å². The average molecular weight is 1480 g/mol. The second kappa shape index (κ2) is 71.0. The second-order valence-corrected chi connectivity index (χ2v) is 34.1. The molecule has 0 aromatic carbocycles. The zero-order valence-corrected chi connectivity index (χ0v) is 68.3. The SMILES string of the molecule is CCC(C)CCCCCCCCC(=O)OC[C@H](COP(=O)(O)OC[C@H](O)COP(=O)(O)OC[C@@H](COC(=O)CCCCCCCCCCCCCCCCCCC(C)C)OC(=O)CCCCCCCCCCCCCCCCCCCCC(C)C)OC(=O)CCCCCCCCCCC(C)C. The van der Waals surface area contributed by atoms with Crippen LogP contribution in [-0.4, -0.2) is 96.7 Å². The first-order valence-electron chi connectivity index (χ1n) is 42.2. The molecular formula is C82H160O17P2. The minimum absolute atomic E-state index is 0.103. The summed E-state index contributed by atoms with van der Waals surface area (Å²) < 4.78 is 68.7. The number of phosphoric acid groups is 2. The van der Waals surface area contributed by atoms with Crippen molar-refractivity contribution in [3.63, 3.8) is 0 Å². The Morgan fingerprint density at radius 1 is 0.277 bits per heavy atom. The van der Waals surface area contributed by atoms with Crippen LogP contribution in [0.15, 0.2) is 0 Å². The Hall–Kier alpha value is -1.94. The van der Waals surface area contributed by atoms with Crippen molar-refractivity contribution < 1.29 is 80.2 Å². The van der Waals surface area contributed by atoms with Gasteiger partial charge in [0.05, 0.1) is 26.4 Å². The summed E-state index contributed by atoms with van der Waals surface area (Å²) >= 11 is 0. The summed E-state index contributed by atoms with van der Waals surface area (Å²) in [7, 11) is -9.92. The van der Waals surface area contributed by atoms with Crippen molar-refractivity contribution >= 4 is 39.5 Å². The molecule has 0 fully saturated rings. The van der Waals surface area contributed by atoms with Crippen LogP contribution in [-0.2, 0) is 65.4 Å². The van der Waals surface area contributed by atoms with Crippen molar-refractivity contribution in [2.75, 3.05) is 39.6 Å². The molecule has 17 nitrogen and oxygen atoms in total. The van der Waals surface area contributed by atoms with Gasteiger partial charge in [-0.1, -0.05) is 370 Å². The number of aliphatic hydroxyl groups is 1. The van der Waals surface area contributed by atoms with Gasteiger partial charge >= 0.3 is 39.5 Å². The van der Waals surface area contributed by atoms with Crippen LogP contribution in [0.25, 0.3) is 0 Å². The molecule has 3 N–H and O–H groups in total. The number of aliphatic hydroxyl groups excluding tert-OH is 1. The molecule has 0 bridgehead atoms. The second-order valence-electron chi connectivity index (χ2n) is 31.2. The molecule has 3 unspecified atom stereocenters. The standard InChI is InChI=1S/C82H160O17P2/c1-9-75(8)61-53-45-40-41-47-55-63-80(85)93-69-78(99-82(87)65-57-49-39-33-32-36-44-52-60-74(6)7)71-97-101(90,91)95-67-76(83)66-94-100(88,89)96-70-77(68-92-79(84)62-54-46-37-30-26-22-18-15-14-17-21-25-29-35-43-51-59-73(4)5)98-81(86)64-56-48-38-31-27-23-19-13-11-10-12-16-20-24-28-34-42-50-58-72(2)3/h72-78,83H,9-71H2,1-8H3,(H,88,89)(H,90,91)/t75?,76-,77-,78-/m1/s1. The maximum absolute atomic E-state index is 13.1. The molecule has 0 aromatic heterocycles. The van der Waals surface area contributed by atoms with E-state index in [1.165, 1.54) is 218 Å². The third-order valence-electron chi connectivity index (χ3n) is 19.4. The minimum Gasteiger partial charge on any atom is -0.462 e. The molecule has 0 rings (SSSR count). The van der Waals surface area contributed by atoms with Gasteiger partial charge in [0.2, 0.25) is 0 Å². The van der Waals surface area contributed by atoms with Crippen molar-refractivity contribution in [2.45, 2.75) is 440 Å². The van der Waals surface area contributed by atoms with E-state index in [0.717, 1.165) is 120 Å². The van der Waals surface area contributed by atoms with Crippen LogP contribution >= 0.6 is 15.6 Å². The monoisotopic (exact) mass is 1480 g/mol. The van der Waals surface area contributed by atoms with Crippen LogP contribution in [0.3, 0.4) is 0 Å². The van der Waals surface area contributed by atoms with Gasteiger partial charge in [-0.05, 0) is 49.4 Å². The average Bonchev–Trinajstić information content (AvgIpc) is 0.943. The first-order valence-corrected chi connectivity index (χ1v) is 45.2. The lowest BCUT2D eigenvalue weighted by Gasteiger charge is -2.21. The van der Waals surface area contributed by atoms with E-state index in [2.05, 4.69) is 55.4 Å². The third-order valence-corrected chi connectivity index (χ3v) is 21.3. The highest BCUT2D eigenvalue weighted by atomic mass is 31.2. The highest BCUT2D eigenvalue weighted by Crippen LogP contribution is 2.45. The molecular weight excluding hydrogens is 1320 g/mol. The summed E-state index contributed by atoms with van der Waals surface area (Å²) in [4.78, 5) is 73.0. The first-order chi connectivity index (χ1) is 48.6. The Labute approximate surface area is 619 Å². The maximum Gasteiger partial charge on any atom is 0.472 e. The van der Waals surface area contributed by atoms with E-state index in [9.17, 15) is 43.2 Å². The van der Waals surface area contributed by atoms with Gasteiger partial charge in [0, 0.05) is 25.7 Å². The van der Waals surface area contributed by atoms with Gasteiger partial charge in [0.1, 0.15) is 19.3 Å². The highest BCUT2D eigenvalue weighted by Gasteiger charge is 2.30. The smallest absolute Gasteiger partial charge is 0.462 e. The van der Waals surface area contributed by atoms with Crippen molar-refractivity contribution in [3.8, 4) is 0 Å². The summed E-state index contributed by atoms with van der Waals surface area (Å²) in [6.07, 6.45) is 58.5. The number of carbonyl (C=O) groups is 4. The number of hydrogen-bond acceptors (Lipinski definition) is 15. The fourth-order valence-electron chi connectivity index (χ4n) is 12.6. The van der Waals surface area contributed by atoms with Crippen LogP contribution in [0, 0.1) is 23.7 Å². The van der Waals surface area contributed by atoms with Crippen LogP contribution in [0.2, 0.25) is 0 Å². The lowest BCUT2D eigenvalue weighted by Crippen LogP contribution is -2.30. The fraction of sp³-hybridized carbons (Fsp3) is 0.951. The van der Waals surface area contributed by atoms with E-state index in [1.54, 1.807) is 0 Å². The van der Waals surface area contributed by atoms with E-state index in [-0.39, 0.29) is 25.7 Å². The molecule has 0 heterocycles. The molecule has 0 aliphatic carbocycles. The Bertz CT molecular complexity index is 1970. The van der Waals surface area contributed by atoms with E-state index in [1.807, 2.05) is 0 Å². The van der Waals surface area contributed by atoms with E-state index in [4.69, 9.17) is 37.0 Å². The molecule has 0 saturated heterocycles. The van der Waals surface area contributed by atoms with Crippen molar-refractivity contribution in [1.82, 2.24) is 0 Å². The highest BCUT2D eigenvalue weighted by molar-refractivity contribution is 7.47. The molecule has 0 aromatic rings. The van der Waals surface area contributed by atoms with Gasteiger partial charge in [0.25, 0.3) is 0 Å². The zero-order chi connectivity index (χ0) is 74.6. The molecule has 0 radical (unpaired) electrons. The molecule has 0 aliphatic heterocycles. The number of rotatable bonds is 79. The van der Waals surface area contributed by atoms with Gasteiger partial charge in [-0.15, -0.1) is 0 Å². The topological polar surface area (TPSA) is 237 Å². The molecule has 0 spiro atoms. The Balaban J connectivity index is 5.21. The predicted molar refractivity (Wildman–Crippen MR) is 414 cm³/mol. The summed E-state index contributed by atoms with van der Waals surface area (Å²) in [5.74, 6) is 0.966. The normalized spacial score (nSPS) is 14.3. The number of unbranched alkanes of at least 4 members (excludes halogenated alkanes) is 44. The summed E-state index contributed by atoms with van der Waals surface area (Å²) in [5, 5.41) is 10.6. The fourth-order valence-corrected chi connectivity index (χ4v) is 14.2. The van der Waals surface area contributed by atoms with E-state index < -0.39 is 97.5 Å². The zero-order valence-electron chi connectivity index (χ0n) is 66.5. The summed E-state index contributed by atoms with van der Waals surface area (Å²) in [6.45, 7) is 14.2. The number of hydrogen-bond donors (Lipinski definition) is 3. The van der Waals surface area contributed by atoms with Crippen LogP contribution in [0.1, 0.15) is 421 Å². The Morgan fingerprint density at radius 3 is 0.703 bits per heavy atom. The van der Waals surface area contributed by atoms with Crippen LogP contribution < -0.4 is 0 Å². The quantitative estimate of drug-likeness (QED) is 0.0222. The van der Waals surface area contributed by atoms with Crippen molar-refractivity contribution in [2.24, 2.45) is 23.7 Å². The number of phosphoric ester groups is 2. The number of carbonyl (C=O) groups excluding carboxylic acids is 4. The number of esters is 4.